The fraction of sp³-hybridized carbons (Fsp3) is 0.182. The Morgan fingerprint density at radius 1 is 1.07 bits per heavy atom. The average molecular weight is 377 g/mol. The van der Waals surface area contributed by atoms with Crippen molar-refractivity contribution in [1.82, 2.24) is 0 Å². The molecule has 0 saturated carbocycles. The summed E-state index contributed by atoms with van der Waals surface area (Å²) in [6, 6.07) is 11.8. The number of phenols is 1. The average Bonchev–Trinajstić information content (AvgIpc) is 2.98. The van der Waals surface area contributed by atoms with Crippen molar-refractivity contribution >= 4 is 33.5 Å². The maximum Gasteiger partial charge on any atom is 0.336 e. The van der Waals surface area contributed by atoms with Gasteiger partial charge in [-0.15, -0.1) is 0 Å². The van der Waals surface area contributed by atoms with Crippen LogP contribution in [0.15, 0.2) is 56.1 Å². The van der Waals surface area contributed by atoms with Crippen molar-refractivity contribution in [3.8, 4) is 17.1 Å². The minimum atomic E-state index is -0.575. The Morgan fingerprint density at radius 2 is 1.82 bits per heavy atom. The number of nitrogens with one attached hydrogen (secondary N) is 1. The van der Waals surface area contributed by atoms with E-state index in [1.54, 1.807) is 39.0 Å². The normalized spacial score (nSPS) is 11.4. The Balaban J connectivity index is 2.07. The maximum absolute atomic E-state index is 12.4. The molecule has 2 aromatic carbocycles. The maximum atomic E-state index is 12.4. The van der Waals surface area contributed by atoms with Gasteiger partial charge in [0.2, 0.25) is 5.91 Å². The molecule has 0 fully saturated rings. The SMILES string of the molecule is Cc1cc(O)c2c(-c3oc4ccccc4c3NC(=O)C(C)C)cc(=O)oc2c1. The van der Waals surface area contributed by atoms with Crippen LogP contribution in [0.25, 0.3) is 33.3 Å². The molecule has 4 aromatic rings. The van der Waals surface area contributed by atoms with Gasteiger partial charge in [0.25, 0.3) is 0 Å². The van der Waals surface area contributed by atoms with Gasteiger partial charge >= 0.3 is 5.63 Å². The lowest BCUT2D eigenvalue weighted by molar-refractivity contribution is -0.118. The van der Waals surface area contributed by atoms with E-state index in [1.807, 2.05) is 18.2 Å². The number of aromatic hydroxyl groups is 1. The van der Waals surface area contributed by atoms with E-state index >= 15 is 0 Å². The first-order chi connectivity index (χ1) is 13.3. The lowest BCUT2D eigenvalue weighted by atomic mass is 10.0. The number of fused-ring (bicyclic) bond motifs is 2. The summed E-state index contributed by atoms with van der Waals surface area (Å²) >= 11 is 0. The number of aryl methyl sites for hydroxylation is 1. The third kappa shape index (κ3) is 2.93. The standard InChI is InChI=1S/C22H19NO5/c1-11(2)22(26)23-20-13-6-4-5-7-16(13)28-21(20)14-10-18(25)27-17-9-12(3)8-15(24)19(14)17/h4-11,24H,1-3H3,(H,23,26). The third-order valence-electron chi connectivity index (χ3n) is 4.58. The van der Waals surface area contributed by atoms with Crippen LogP contribution in [0.4, 0.5) is 5.69 Å². The molecule has 0 radical (unpaired) electrons. The van der Waals surface area contributed by atoms with Crippen LogP contribution in [-0.4, -0.2) is 11.0 Å². The van der Waals surface area contributed by atoms with Gasteiger partial charge in [-0.2, -0.15) is 0 Å². The molecule has 0 aliphatic rings. The van der Waals surface area contributed by atoms with E-state index in [0.717, 1.165) is 5.56 Å². The molecule has 1 amide bonds. The van der Waals surface area contributed by atoms with Crippen molar-refractivity contribution in [2.75, 3.05) is 5.32 Å². The van der Waals surface area contributed by atoms with E-state index in [2.05, 4.69) is 5.32 Å². The molecule has 28 heavy (non-hydrogen) atoms. The van der Waals surface area contributed by atoms with E-state index < -0.39 is 5.63 Å². The van der Waals surface area contributed by atoms with Crippen molar-refractivity contribution < 1.29 is 18.7 Å². The number of furan rings is 1. The van der Waals surface area contributed by atoms with Crippen LogP contribution in [0.2, 0.25) is 0 Å². The summed E-state index contributed by atoms with van der Waals surface area (Å²) in [6.45, 7) is 5.37. The number of phenolic OH excluding ortho intramolecular Hbond substituents is 1. The lowest BCUT2D eigenvalue weighted by Crippen LogP contribution is -2.18. The molecule has 4 rings (SSSR count). The Morgan fingerprint density at radius 3 is 2.57 bits per heavy atom. The van der Waals surface area contributed by atoms with Crippen molar-refractivity contribution in [3.63, 3.8) is 0 Å². The highest BCUT2D eigenvalue weighted by molar-refractivity contribution is 6.10. The molecule has 0 saturated heterocycles. The number of hydrogen-bond acceptors (Lipinski definition) is 5. The Bertz CT molecular complexity index is 1280. The highest BCUT2D eigenvalue weighted by Gasteiger charge is 2.23. The summed E-state index contributed by atoms with van der Waals surface area (Å²) in [5.41, 5.74) is 1.81. The van der Waals surface area contributed by atoms with E-state index in [0.29, 0.717) is 33.4 Å². The van der Waals surface area contributed by atoms with Crippen LogP contribution >= 0.6 is 0 Å². The van der Waals surface area contributed by atoms with Crippen molar-refractivity contribution in [2.24, 2.45) is 5.92 Å². The molecule has 0 aliphatic heterocycles. The van der Waals surface area contributed by atoms with Gasteiger partial charge in [-0.1, -0.05) is 26.0 Å². The van der Waals surface area contributed by atoms with E-state index in [9.17, 15) is 14.7 Å². The van der Waals surface area contributed by atoms with Gasteiger partial charge in [0.15, 0.2) is 5.76 Å². The number of anilines is 1. The summed E-state index contributed by atoms with van der Waals surface area (Å²) in [7, 11) is 0. The van der Waals surface area contributed by atoms with Crippen LogP contribution in [0, 0.1) is 12.8 Å². The molecule has 0 spiro atoms. The third-order valence-corrected chi connectivity index (χ3v) is 4.58. The molecular formula is C22H19NO5. The van der Waals surface area contributed by atoms with E-state index in [4.69, 9.17) is 8.83 Å². The van der Waals surface area contributed by atoms with Gasteiger partial charge in [0.1, 0.15) is 16.9 Å². The van der Waals surface area contributed by atoms with Gasteiger partial charge in [-0.3, -0.25) is 4.79 Å². The number of amides is 1. The predicted octanol–water partition coefficient (Wildman–Crippen LogP) is 4.81. The molecule has 0 atom stereocenters. The minimum Gasteiger partial charge on any atom is -0.507 e. The molecule has 6 nitrogen and oxygen atoms in total. The van der Waals surface area contributed by atoms with Crippen LogP contribution in [0.1, 0.15) is 19.4 Å². The smallest absolute Gasteiger partial charge is 0.336 e. The van der Waals surface area contributed by atoms with Crippen LogP contribution in [0.3, 0.4) is 0 Å². The number of rotatable bonds is 3. The van der Waals surface area contributed by atoms with Gasteiger partial charge in [-0.25, -0.2) is 4.79 Å². The quantitative estimate of drug-likeness (QED) is 0.500. The minimum absolute atomic E-state index is 0.0321. The summed E-state index contributed by atoms with van der Waals surface area (Å²) in [6.07, 6.45) is 0. The second kappa shape index (κ2) is 6.56. The monoisotopic (exact) mass is 377 g/mol. The molecule has 0 unspecified atom stereocenters. The molecule has 2 heterocycles. The fourth-order valence-electron chi connectivity index (χ4n) is 3.22. The van der Waals surface area contributed by atoms with Crippen LogP contribution < -0.4 is 10.9 Å². The number of carbonyl (C=O) groups excluding carboxylic acids is 1. The molecule has 6 heteroatoms. The highest BCUT2D eigenvalue weighted by atomic mass is 16.4. The molecule has 0 aliphatic carbocycles. The Kier molecular flexibility index (Phi) is 4.19. The predicted molar refractivity (Wildman–Crippen MR) is 108 cm³/mol. The van der Waals surface area contributed by atoms with Gasteiger partial charge < -0.3 is 19.3 Å². The number of benzene rings is 2. The first-order valence-electron chi connectivity index (χ1n) is 8.95. The number of carbonyl (C=O) groups is 1. The van der Waals surface area contributed by atoms with Crippen LogP contribution in [-0.2, 0) is 4.79 Å². The van der Waals surface area contributed by atoms with Crippen LogP contribution in [0.5, 0.6) is 5.75 Å². The van der Waals surface area contributed by atoms with Crippen molar-refractivity contribution in [3.05, 3.63) is 58.4 Å². The fourth-order valence-corrected chi connectivity index (χ4v) is 3.22. The van der Waals surface area contributed by atoms with Gasteiger partial charge in [0.05, 0.1) is 11.1 Å². The molecular weight excluding hydrogens is 358 g/mol. The van der Waals surface area contributed by atoms with Crippen molar-refractivity contribution in [2.45, 2.75) is 20.8 Å². The number of para-hydroxylation sites is 1. The van der Waals surface area contributed by atoms with E-state index in [1.165, 1.54) is 6.07 Å². The summed E-state index contributed by atoms with van der Waals surface area (Å²) in [5, 5.41) is 14.5. The first-order valence-corrected chi connectivity index (χ1v) is 8.95. The van der Waals surface area contributed by atoms with Gasteiger partial charge in [0, 0.05) is 22.9 Å². The van der Waals surface area contributed by atoms with Gasteiger partial charge in [-0.05, 0) is 36.8 Å². The lowest BCUT2D eigenvalue weighted by Gasteiger charge is -2.10. The zero-order valence-electron chi connectivity index (χ0n) is 15.7. The largest absolute Gasteiger partial charge is 0.507 e. The molecule has 142 valence electrons. The molecule has 2 N–H and O–H groups in total. The Hall–Kier alpha value is -3.54. The molecule has 0 bridgehead atoms. The zero-order chi connectivity index (χ0) is 20.0. The summed E-state index contributed by atoms with van der Waals surface area (Å²) < 4.78 is 11.3. The number of hydrogen-bond donors (Lipinski definition) is 2. The van der Waals surface area contributed by atoms with Crippen molar-refractivity contribution in [1.29, 1.82) is 0 Å². The summed E-state index contributed by atoms with van der Waals surface area (Å²) in [5.74, 6) is -0.155. The summed E-state index contributed by atoms with van der Waals surface area (Å²) in [4.78, 5) is 24.6. The second-order valence-electron chi connectivity index (χ2n) is 7.08. The highest BCUT2D eigenvalue weighted by Crippen LogP contribution is 2.42. The molecule has 2 aromatic heterocycles. The Labute approximate surface area is 160 Å². The second-order valence-corrected chi connectivity index (χ2v) is 7.08. The van der Waals surface area contributed by atoms with E-state index in [-0.39, 0.29) is 23.2 Å². The first kappa shape index (κ1) is 17.9. The zero-order valence-corrected chi connectivity index (χ0v) is 15.7. The topological polar surface area (TPSA) is 92.7 Å².